The number of nitrogens with one attached hydrogen (secondary N) is 1. The molecule has 2 N–H and O–H groups in total. The van der Waals surface area contributed by atoms with Gasteiger partial charge in [-0.3, -0.25) is 4.79 Å². The van der Waals surface area contributed by atoms with Gasteiger partial charge in [0.2, 0.25) is 5.91 Å². The summed E-state index contributed by atoms with van der Waals surface area (Å²) in [5, 5.41) is 11.7. The van der Waals surface area contributed by atoms with Crippen molar-refractivity contribution in [3.8, 4) is 0 Å². The van der Waals surface area contributed by atoms with Gasteiger partial charge in [0.05, 0.1) is 12.5 Å². The van der Waals surface area contributed by atoms with Crippen LogP contribution >= 0.6 is 0 Å². The fraction of sp³-hybridized carbons (Fsp3) is 0.769. The minimum Gasteiger partial charge on any atom is -0.394 e. The van der Waals surface area contributed by atoms with Crippen LogP contribution in [0.15, 0.2) is 11.6 Å². The predicted molar refractivity (Wildman–Crippen MR) is 64.9 cm³/mol. The normalized spacial score (nSPS) is 28.1. The van der Waals surface area contributed by atoms with E-state index in [2.05, 4.69) is 39.1 Å². The van der Waals surface area contributed by atoms with Crippen LogP contribution in [0.3, 0.4) is 0 Å². The Kier molecular flexibility index (Phi) is 3.79. The summed E-state index contributed by atoms with van der Waals surface area (Å²) < 4.78 is 0. The van der Waals surface area contributed by atoms with Crippen LogP contribution in [0.25, 0.3) is 0 Å². The highest BCUT2D eigenvalue weighted by atomic mass is 16.3. The standard InChI is InChI=1S/C13H23NO2/c1-8(2)6-10-11(13(10,4)5)12(16)14-9(3)7-15/h6,9-11,15H,7H2,1-5H3,(H,14,16). The van der Waals surface area contributed by atoms with Gasteiger partial charge in [0, 0.05) is 6.04 Å². The second kappa shape index (κ2) is 4.58. The molecular formula is C13H23NO2. The zero-order chi connectivity index (χ0) is 12.5. The molecule has 1 aliphatic carbocycles. The molecule has 1 saturated carbocycles. The van der Waals surface area contributed by atoms with E-state index in [1.807, 2.05) is 6.92 Å². The van der Waals surface area contributed by atoms with Gasteiger partial charge in [-0.25, -0.2) is 0 Å². The number of carbonyl (C=O) groups excluding carboxylic acids is 1. The first kappa shape index (κ1) is 13.2. The average Bonchev–Trinajstić information content (AvgIpc) is 2.66. The molecule has 0 radical (unpaired) electrons. The average molecular weight is 225 g/mol. The lowest BCUT2D eigenvalue weighted by Gasteiger charge is -2.11. The maximum atomic E-state index is 11.9. The van der Waals surface area contributed by atoms with E-state index in [0.29, 0.717) is 5.92 Å². The van der Waals surface area contributed by atoms with E-state index < -0.39 is 0 Å². The summed E-state index contributed by atoms with van der Waals surface area (Å²) in [7, 11) is 0. The summed E-state index contributed by atoms with van der Waals surface area (Å²) in [6.07, 6.45) is 2.17. The molecule has 0 aromatic rings. The number of hydrogen-bond donors (Lipinski definition) is 2. The molecular weight excluding hydrogens is 202 g/mol. The third-order valence-corrected chi connectivity index (χ3v) is 3.37. The molecule has 3 unspecified atom stereocenters. The van der Waals surface area contributed by atoms with Crippen LogP contribution in [-0.2, 0) is 4.79 Å². The van der Waals surface area contributed by atoms with Crippen molar-refractivity contribution in [1.82, 2.24) is 5.32 Å². The molecule has 92 valence electrons. The van der Waals surface area contributed by atoms with Crippen LogP contribution in [0, 0.1) is 17.3 Å². The first-order valence-corrected chi connectivity index (χ1v) is 5.87. The van der Waals surface area contributed by atoms with Gasteiger partial charge >= 0.3 is 0 Å². The summed E-state index contributed by atoms with van der Waals surface area (Å²) in [5.41, 5.74) is 1.31. The Balaban J connectivity index is 2.63. The summed E-state index contributed by atoms with van der Waals surface area (Å²) in [5.74, 6) is 0.453. The van der Waals surface area contributed by atoms with Crippen molar-refractivity contribution < 1.29 is 9.90 Å². The minimum atomic E-state index is -0.156. The Labute approximate surface area is 97.9 Å². The number of aliphatic hydroxyl groups is 1. The van der Waals surface area contributed by atoms with Gasteiger partial charge in [0.15, 0.2) is 0 Å². The third-order valence-electron chi connectivity index (χ3n) is 3.37. The van der Waals surface area contributed by atoms with E-state index in [-0.39, 0.29) is 29.9 Å². The lowest BCUT2D eigenvalue weighted by atomic mass is 10.1. The van der Waals surface area contributed by atoms with Crippen molar-refractivity contribution in [2.75, 3.05) is 6.61 Å². The molecule has 0 aromatic carbocycles. The van der Waals surface area contributed by atoms with Gasteiger partial charge in [0.1, 0.15) is 0 Å². The SMILES string of the molecule is CC(C)=CC1C(C(=O)NC(C)CO)C1(C)C. The highest BCUT2D eigenvalue weighted by Crippen LogP contribution is 2.59. The van der Waals surface area contributed by atoms with Crippen LogP contribution in [0.1, 0.15) is 34.6 Å². The molecule has 1 aliphatic rings. The van der Waals surface area contributed by atoms with Crippen LogP contribution in [0.2, 0.25) is 0 Å². The largest absolute Gasteiger partial charge is 0.394 e. The van der Waals surface area contributed by atoms with Crippen molar-refractivity contribution in [3.05, 3.63) is 11.6 Å². The number of carbonyl (C=O) groups is 1. The van der Waals surface area contributed by atoms with E-state index in [4.69, 9.17) is 5.11 Å². The first-order chi connectivity index (χ1) is 7.30. The lowest BCUT2D eigenvalue weighted by molar-refractivity contribution is -0.124. The maximum Gasteiger partial charge on any atom is 0.224 e. The Hall–Kier alpha value is -0.830. The molecule has 0 spiro atoms. The second-order valence-electron chi connectivity index (χ2n) is 5.66. The van der Waals surface area contributed by atoms with E-state index in [1.54, 1.807) is 0 Å². The monoisotopic (exact) mass is 225 g/mol. The Morgan fingerprint density at radius 1 is 1.50 bits per heavy atom. The lowest BCUT2D eigenvalue weighted by Crippen LogP contribution is -2.37. The van der Waals surface area contributed by atoms with Gasteiger partial charge in [-0.1, -0.05) is 25.5 Å². The van der Waals surface area contributed by atoms with Gasteiger partial charge < -0.3 is 10.4 Å². The van der Waals surface area contributed by atoms with E-state index in [0.717, 1.165) is 0 Å². The molecule has 3 atom stereocenters. The van der Waals surface area contributed by atoms with E-state index in [1.165, 1.54) is 5.57 Å². The van der Waals surface area contributed by atoms with Gasteiger partial charge in [-0.15, -0.1) is 0 Å². The number of aliphatic hydroxyl groups excluding tert-OH is 1. The molecule has 0 aromatic heterocycles. The fourth-order valence-electron chi connectivity index (χ4n) is 2.23. The third kappa shape index (κ3) is 2.64. The van der Waals surface area contributed by atoms with Crippen LogP contribution in [0.4, 0.5) is 0 Å². The van der Waals surface area contributed by atoms with Crippen molar-refractivity contribution in [2.24, 2.45) is 17.3 Å². The van der Waals surface area contributed by atoms with Crippen molar-refractivity contribution >= 4 is 5.91 Å². The second-order valence-corrected chi connectivity index (χ2v) is 5.66. The molecule has 3 heteroatoms. The van der Waals surface area contributed by atoms with Crippen molar-refractivity contribution in [3.63, 3.8) is 0 Å². The molecule has 0 bridgehead atoms. The summed E-state index contributed by atoms with van der Waals surface area (Å²) >= 11 is 0. The minimum absolute atomic E-state index is 0.00774. The Morgan fingerprint density at radius 3 is 2.50 bits per heavy atom. The fourth-order valence-corrected chi connectivity index (χ4v) is 2.23. The molecule has 3 nitrogen and oxygen atoms in total. The highest BCUT2D eigenvalue weighted by Gasteiger charge is 2.60. The number of amides is 1. The topological polar surface area (TPSA) is 49.3 Å². The summed E-state index contributed by atoms with van der Waals surface area (Å²) in [4.78, 5) is 11.9. The molecule has 0 saturated heterocycles. The number of rotatable bonds is 4. The molecule has 0 heterocycles. The molecule has 16 heavy (non-hydrogen) atoms. The molecule has 1 amide bonds. The van der Waals surface area contributed by atoms with Crippen LogP contribution < -0.4 is 5.32 Å². The summed E-state index contributed by atoms with van der Waals surface area (Å²) in [6.45, 7) is 10.1. The predicted octanol–water partition coefficient (Wildman–Crippen LogP) is 1.72. The smallest absolute Gasteiger partial charge is 0.224 e. The molecule has 1 rings (SSSR count). The van der Waals surface area contributed by atoms with E-state index >= 15 is 0 Å². The van der Waals surface area contributed by atoms with Gasteiger partial charge in [-0.2, -0.15) is 0 Å². The van der Waals surface area contributed by atoms with E-state index in [9.17, 15) is 4.79 Å². The summed E-state index contributed by atoms with van der Waals surface area (Å²) in [6, 6.07) is -0.156. The van der Waals surface area contributed by atoms with Crippen molar-refractivity contribution in [2.45, 2.75) is 40.7 Å². The Bertz CT molecular complexity index is 303. The van der Waals surface area contributed by atoms with Crippen molar-refractivity contribution in [1.29, 1.82) is 0 Å². The van der Waals surface area contributed by atoms with Gasteiger partial charge in [0.25, 0.3) is 0 Å². The van der Waals surface area contributed by atoms with Gasteiger partial charge in [-0.05, 0) is 32.1 Å². The number of allylic oxidation sites excluding steroid dienone is 2. The zero-order valence-corrected chi connectivity index (χ0v) is 10.9. The van der Waals surface area contributed by atoms with Crippen LogP contribution in [-0.4, -0.2) is 23.7 Å². The zero-order valence-electron chi connectivity index (χ0n) is 10.9. The number of hydrogen-bond acceptors (Lipinski definition) is 2. The first-order valence-electron chi connectivity index (χ1n) is 5.87. The maximum absolute atomic E-state index is 11.9. The Morgan fingerprint density at radius 2 is 2.06 bits per heavy atom. The van der Waals surface area contributed by atoms with Crippen LogP contribution in [0.5, 0.6) is 0 Å². The molecule has 1 fully saturated rings. The molecule has 0 aliphatic heterocycles. The highest BCUT2D eigenvalue weighted by molar-refractivity contribution is 5.83. The quantitative estimate of drug-likeness (QED) is 0.716.